The van der Waals surface area contributed by atoms with Crippen LogP contribution in [0.3, 0.4) is 0 Å². The lowest BCUT2D eigenvalue weighted by atomic mass is 10.3. The number of hydrogen-bond donors (Lipinski definition) is 3. The maximum atomic E-state index is 10.8. The molecule has 3 unspecified atom stereocenters. The zero-order chi connectivity index (χ0) is 15.2. The average Bonchev–Trinajstić information content (AvgIpc) is 2.12. The molecule has 19 heavy (non-hydrogen) atoms. The van der Waals surface area contributed by atoms with Crippen molar-refractivity contribution < 1.29 is 29.7 Å². The average molecular weight is 292 g/mol. The van der Waals surface area contributed by atoms with Gasteiger partial charge in [0.2, 0.25) is 0 Å². The van der Waals surface area contributed by atoms with Crippen LogP contribution in [0.1, 0.15) is 40.0 Å². The number of rotatable bonds is 9. The van der Waals surface area contributed by atoms with Crippen LogP contribution in [0.25, 0.3) is 0 Å². The van der Waals surface area contributed by atoms with Gasteiger partial charge >= 0.3 is 17.9 Å². The van der Waals surface area contributed by atoms with Gasteiger partial charge in [-0.15, -0.1) is 0 Å². The zero-order valence-corrected chi connectivity index (χ0v) is 12.3. The molecule has 110 valence electrons. The van der Waals surface area contributed by atoms with Crippen molar-refractivity contribution in [3.63, 3.8) is 0 Å². The molecular formula is C12H21O6P. The smallest absolute Gasteiger partial charge is 0.303 e. The molecule has 0 bridgehead atoms. The molecule has 0 aliphatic heterocycles. The lowest BCUT2D eigenvalue weighted by molar-refractivity contribution is -0.137. The summed E-state index contributed by atoms with van der Waals surface area (Å²) in [4.78, 5) is 32.3. The maximum Gasteiger partial charge on any atom is 0.303 e. The molecule has 0 saturated heterocycles. The van der Waals surface area contributed by atoms with E-state index in [2.05, 4.69) is 0 Å². The van der Waals surface area contributed by atoms with E-state index in [4.69, 9.17) is 15.3 Å². The third-order valence-corrected chi connectivity index (χ3v) is 6.54. The molecule has 7 heteroatoms. The summed E-state index contributed by atoms with van der Waals surface area (Å²) in [6.45, 7) is 5.28. The summed E-state index contributed by atoms with van der Waals surface area (Å²) in [6.07, 6.45) is -0.168. The van der Waals surface area contributed by atoms with E-state index in [-0.39, 0.29) is 36.2 Å². The molecule has 0 aromatic carbocycles. The molecule has 3 N–H and O–H groups in total. The number of aliphatic carboxylic acids is 3. The molecule has 0 radical (unpaired) electrons. The Labute approximate surface area is 113 Å². The predicted molar refractivity (Wildman–Crippen MR) is 72.1 cm³/mol. The third kappa shape index (κ3) is 7.11. The SMILES string of the molecule is CC(CC(=O)O)P(C(C)CC(=O)O)C(C)CC(=O)O. The summed E-state index contributed by atoms with van der Waals surface area (Å²) in [5.74, 6) is -2.82. The Kier molecular flexibility index (Phi) is 7.61. The van der Waals surface area contributed by atoms with Crippen LogP contribution >= 0.6 is 7.92 Å². The second kappa shape index (κ2) is 8.10. The van der Waals surface area contributed by atoms with Crippen molar-refractivity contribution in [3.8, 4) is 0 Å². The Morgan fingerprint density at radius 1 is 0.737 bits per heavy atom. The van der Waals surface area contributed by atoms with E-state index in [1.54, 1.807) is 20.8 Å². The first kappa shape index (κ1) is 17.8. The topological polar surface area (TPSA) is 112 Å². The number of carbonyl (C=O) groups is 3. The number of carboxylic acid groups (broad SMARTS) is 3. The maximum absolute atomic E-state index is 10.8. The summed E-state index contributed by atoms with van der Waals surface area (Å²) >= 11 is 0. The molecular weight excluding hydrogens is 271 g/mol. The van der Waals surface area contributed by atoms with Gasteiger partial charge in [0.25, 0.3) is 0 Å². The second-order valence-corrected chi connectivity index (χ2v) is 8.33. The molecule has 0 saturated carbocycles. The summed E-state index contributed by atoms with van der Waals surface area (Å²) in [7, 11) is -0.984. The fourth-order valence-corrected chi connectivity index (χ4v) is 6.09. The molecule has 0 aliphatic carbocycles. The van der Waals surface area contributed by atoms with Crippen molar-refractivity contribution in [2.75, 3.05) is 0 Å². The molecule has 0 aromatic rings. The van der Waals surface area contributed by atoms with E-state index < -0.39 is 25.8 Å². The standard InChI is InChI=1S/C12H21O6P/c1-7(4-10(13)14)19(8(2)5-11(15)16)9(3)6-12(17)18/h7-9H,4-6H2,1-3H3,(H,13,14)(H,15,16)(H,17,18). The van der Waals surface area contributed by atoms with Gasteiger partial charge in [-0.2, -0.15) is 0 Å². The number of carboxylic acids is 3. The minimum Gasteiger partial charge on any atom is -0.481 e. The van der Waals surface area contributed by atoms with Crippen molar-refractivity contribution in [2.45, 2.75) is 57.0 Å². The molecule has 0 heterocycles. The summed E-state index contributed by atoms with van der Waals surface area (Å²) in [6, 6.07) is 0. The number of hydrogen-bond acceptors (Lipinski definition) is 3. The lowest BCUT2D eigenvalue weighted by Gasteiger charge is -2.33. The van der Waals surface area contributed by atoms with E-state index in [1.165, 1.54) is 0 Å². The van der Waals surface area contributed by atoms with Crippen LogP contribution in [-0.2, 0) is 14.4 Å². The molecule has 6 nitrogen and oxygen atoms in total. The van der Waals surface area contributed by atoms with E-state index in [9.17, 15) is 14.4 Å². The van der Waals surface area contributed by atoms with Crippen molar-refractivity contribution >= 4 is 25.8 Å². The van der Waals surface area contributed by atoms with Gasteiger partial charge < -0.3 is 15.3 Å². The van der Waals surface area contributed by atoms with Gasteiger partial charge in [-0.05, 0) is 17.0 Å². The summed E-state index contributed by atoms with van der Waals surface area (Å²) in [5.41, 5.74) is -0.594. The van der Waals surface area contributed by atoms with E-state index in [0.29, 0.717) is 0 Å². The second-order valence-electron chi connectivity index (χ2n) is 4.79. The highest BCUT2D eigenvalue weighted by atomic mass is 31.1. The highest BCUT2D eigenvalue weighted by Gasteiger charge is 2.31. The molecule has 0 fully saturated rings. The van der Waals surface area contributed by atoms with Gasteiger partial charge in [0, 0.05) is 0 Å². The zero-order valence-electron chi connectivity index (χ0n) is 11.4. The molecule has 3 atom stereocenters. The Morgan fingerprint density at radius 2 is 0.947 bits per heavy atom. The largest absolute Gasteiger partial charge is 0.481 e. The highest BCUT2D eigenvalue weighted by Crippen LogP contribution is 2.54. The van der Waals surface area contributed by atoms with Gasteiger partial charge in [-0.1, -0.05) is 28.7 Å². The van der Waals surface area contributed by atoms with Crippen LogP contribution in [0.4, 0.5) is 0 Å². The highest BCUT2D eigenvalue weighted by molar-refractivity contribution is 7.60. The Morgan fingerprint density at radius 3 is 1.11 bits per heavy atom. The van der Waals surface area contributed by atoms with Crippen LogP contribution in [0.5, 0.6) is 0 Å². The van der Waals surface area contributed by atoms with Crippen molar-refractivity contribution in [2.24, 2.45) is 0 Å². The summed E-state index contributed by atoms with van der Waals surface area (Å²) < 4.78 is 0. The van der Waals surface area contributed by atoms with Crippen molar-refractivity contribution in [1.29, 1.82) is 0 Å². The first-order valence-electron chi connectivity index (χ1n) is 6.08. The molecule has 0 aromatic heterocycles. The van der Waals surface area contributed by atoms with Crippen LogP contribution in [0.2, 0.25) is 0 Å². The van der Waals surface area contributed by atoms with Gasteiger partial charge in [0.05, 0.1) is 19.3 Å². The lowest BCUT2D eigenvalue weighted by Crippen LogP contribution is -2.24. The Hall–Kier alpha value is -1.16. The predicted octanol–water partition coefficient (Wildman–Crippen LogP) is 2.06. The van der Waals surface area contributed by atoms with Crippen molar-refractivity contribution in [1.82, 2.24) is 0 Å². The molecule has 0 rings (SSSR count). The Bertz CT molecular complexity index is 291. The van der Waals surface area contributed by atoms with E-state index >= 15 is 0 Å². The van der Waals surface area contributed by atoms with Crippen molar-refractivity contribution in [3.05, 3.63) is 0 Å². The molecule has 0 amide bonds. The first-order chi connectivity index (χ1) is 8.65. The van der Waals surface area contributed by atoms with Crippen LogP contribution < -0.4 is 0 Å². The van der Waals surface area contributed by atoms with Crippen LogP contribution in [0.15, 0.2) is 0 Å². The normalized spacial score (nSPS) is 17.2. The van der Waals surface area contributed by atoms with E-state index in [1.807, 2.05) is 0 Å². The van der Waals surface area contributed by atoms with Gasteiger partial charge in [-0.3, -0.25) is 14.4 Å². The quantitative estimate of drug-likeness (QED) is 0.561. The van der Waals surface area contributed by atoms with Gasteiger partial charge in [-0.25, -0.2) is 0 Å². The molecule has 0 spiro atoms. The Balaban J connectivity index is 4.94. The fraction of sp³-hybridized carbons (Fsp3) is 0.750. The van der Waals surface area contributed by atoms with E-state index in [0.717, 1.165) is 0 Å². The minimum atomic E-state index is -0.984. The molecule has 0 aliphatic rings. The minimum absolute atomic E-state index is 0.0559. The van der Waals surface area contributed by atoms with Gasteiger partial charge in [0.15, 0.2) is 0 Å². The van der Waals surface area contributed by atoms with Crippen LogP contribution in [-0.4, -0.2) is 50.2 Å². The third-order valence-electron chi connectivity index (χ3n) is 2.94. The fourth-order valence-electron chi connectivity index (χ4n) is 2.38. The first-order valence-corrected chi connectivity index (χ1v) is 7.62. The van der Waals surface area contributed by atoms with Gasteiger partial charge in [0.1, 0.15) is 0 Å². The van der Waals surface area contributed by atoms with Crippen LogP contribution in [0, 0.1) is 0 Å². The monoisotopic (exact) mass is 292 g/mol. The summed E-state index contributed by atoms with van der Waals surface area (Å²) in [5, 5.41) is 26.5.